The molecule has 0 fully saturated rings. The van der Waals surface area contributed by atoms with Crippen LogP contribution in [-0.4, -0.2) is 13.9 Å². The van der Waals surface area contributed by atoms with E-state index in [4.69, 9.17) is 25.8 Å². The van der Waals surface area contributed by atoms with Crippen LogP contribution in [0.15, 0.2) is 36.4 Å². The molecule has 0 amide bonds. The molecule has 4 nitrogen and oxygen atoms in total. The number of methoxy groups -OCH3 is 1. The summed E-state index contributed by atoms with van der Waals surface area (Å²) in [5.74, 6) is 1.86. The summed E-state index contributed by atoms with van der Waals surface area (Å²) in [6.45, 7) is 0.182. The first-order chi connectivity index (χ1) is 10.7. The largest absolute Gasteiger partial charge is 0.496 e. The topological polar surface area (TPSA) is 51.5 Å². The first-order valence-electron chi connectivity index (χ1n) is 6.57. The van der Waals surface area contributed by atoms with Crippen molar-refractivity contribution >= 4 is 23.3 Å². The van der Waals surface area contributed by atoms with Gasteiger partial charge in [-0.2, -0.15) is 5.26 Å². The number of allylic oxidation sites excluding steroid dienone is 1. The summed E-state index contributed by atoms with van der Waals surface area (Å²) in [4.78, 5) is 0. The van der Waals surface area contributed by atoms with Crippen LogP contribution in [0.4, 0.5) is 0 Å². The third kappa shape index (κ3) is 2.59. The van der Waals surface area contributed by atoms with Gasteiger partial charge in [0.25, 0.3) is 0 Å². The highest BCUT2D eigenvalue weighted by Crippen LogP contribution is 2.39. The van der Waals surface area contributed by atoms with Crippen molar-refractivity contribution in [3.05, 3.63) is 52.5 Å². The zero-order valence-electron chi connectivity index (χ0n) is 11.8. The normalized spacial score (nSPS) is 12.9. The minimum Gasteiger partial charge on any atom is -0.496 e. The SMILES string of the molecule is COc1cc2c(cc1C=C(C#N)c1ccccc1Cl)OCO2. The van der Waals surface area contributed by atoms with Gasteiger partial charge in [0.2, 0.25) is 6.79 Å². The summed E-state index contributed by atoms with van der Waals surface area (Å²) in [6.07, 6.45) is 1.72. The van der Waals surface area contributed by atoms with Crippen LogP contribution >= 0.6 is 11.6 Å². The van der Waals surface area contributed by atoms with Gasteiger partial charge in [-0.3, -0.25) is 0 Å². The molecule has 1 aliphatic heterocycles. The van der Waals surface area contributed by atoms with Crippen LogP contribution in [0, 0.1) is 11.3 Å². The van der Waals surface area contributed by atoms with E-state index in [-0.39, 0.29) is 6.79 Å². The summed E-state index contributed by atoms with van der Waals surface area (Å²) in [5, 5.41) is 9.97. The zero-order valence-corrected chi connectivity index (χ0v) is 12.6. The summed E-state index contributed by atoms with van der Waals surface area (Å²) < 4.78 is 16.0. The summed E-state index contributed by atoms with van der Waals surface area (Å²) in [6, 6.07) is 12.9. The molecular weight excluding hydrogens is 302 g/mol. The van der Waals surface area contributed by atoms with Crippen molar-refractivity contribution < 1.29 is 14.2 Å². The lowest BCUT2D eigenvalue weighted by molar-refractivity contribution is 0.174. The third-order valence-electron chi connectivity index (χ3n) is 3.31. The van der Waals surface area contributed by atoms with Gasteiger partial charge < -0.3 is 14.2 Å². The molecule has 0 saturated carbocycles. The van der Waals surface area contributed by atoms with E-state index in [0.717, 1.165) is 5.56 Å². The molecule has 22 heavy (non-hydrogen) atoms. The number of hydrogen-bond acceptors (Lipinski definition) is 4. The highest BCUT2D eigenvalue weighted by molar-refractivity contribution is 6.32. The molecule has 0 N–H and O–H groups in total. The number of hydrogen-bond donors (Lipinski definition) is 0. The maximum Gasteiger partial charge on any atom is 0.231 e. The van der Waals surface area contributed by atoms with Gasteiger partial charge in [-0.15, -0.1) is 0 Å². The molecule has 3 rings (SSSR count). The second kappa shape index (κ2) is 6.00. The molecule has 0 radical (unpaired) electrons. The van der Waals surface area contributed by atoms with E-state index < -0.39 is 0 Å². The minimum absolute atomic E-state index is 0.182. The van der Waals surface area contributed by atoms with Crippen LogP contribution in [-0.2, 0) is 0 Å². The molecule has 0 aromatic heterocycles. The van der Waals surface area contributed by atoms with E-state index >= 15 is 0 Å². The van der Waals surface area contributed by atoms with Gasteiger partial charge in [0.15, 0.2) is 11.5 Å². The Labute approximate surface area is 133 Å². The molecule has 0 aliphatic carbocycles. The number of ether oxygens (including phenoxy) is 3. The van der Waals surface area contributed by atoms with Gasteiger partial charge in [0.1, 0.15) is 5.75 Å². The Bertz CT molecular complexity index is 793. The molecule has 2 aromatic rings. The van der Waals surface area contributed by atoms with Gasteiger partial charge in [-0.25, -0.2) is 0 Å². The number of nitriles is 1. The first-order valence-corrected chi connectivity index (χ1v) is 6.95. The average Bonchev–Trinajstić information content (AvgIpc) is 2.99. The standard InChI is InChI=1S/C17H12ClNO3/c1-20-15-8-17-16(21-10-22-17)7-11(15)6-12(9-19)13-4-2-3-5-14(13)18/h2-8H,10H2,1H3. The second-order valence-corrected chi connectivity index (χ2v) is 5.00. The lowest BCUT2D eigenvalue weighted by atomic mass is 10.0. The maximum atomic E-state index is 9.45. The molecule has 0 atom stereocenters. The van der Waals surface area contributed by atoms with Crippen LogP contribution in [0.5, 0.6) is 17.2 Å². The van der Waals surface area contributed by atoms with Crippen molar-refractivity contribution in [1.29, 1.82) is 5.26 Å². The number of fused-ring (bicyclic) bond motifs is 1. The fourth-order valence-corrected chi connectivity index (χ4v) is 2.47. The molecule has 0 saturated heterocycles. The Morgan fingerprint density at radius 1 is 1.27 bits per heavy atom. The van der Waals surface area contributed by atoms with Crippen LogP contribution in [0.2, 0.25) is 5.02 Å². The zero-order chi connectivity index (χ0) is 15.5. The molecule has 5 heteroatoms. The van der Waals surface area contributed by atoms with Crippen molar-refractivity contribution in [1.82, 2.24) is 0 Å². The number of nitrogens with zero attached hydrogens (tertiary/aromatic N) is 1. The lowest BCUT2D eigenvalue weighted by Crippen LogP contribution is -1.92. The van der Waals surface area contributed by atoms with Crippen molar-refractivity contribution in [3.63, 3.8) is 0 Å². The molecule has 0 unspecified atom stereocenters. The second-order valence-electron chi connectivity index (χ2n) is 4.60. The third-order valence-corrected chi connectivity index (χ3v) is 3.64. The van der Waals surface area contributed by atoms with E-state index in [2.05, 4.69) is 6.07 Å². The number of rotatable bonds is 3. The van der Waals surface area contributed by atoms with Crippen LogP contribution < -0.4 is 14.2 Å². The Hall–Kier alpha value is -2.64. The predicted molar refractivity (Wildman–Crippen MR) is 84.1 cm³/mol. The van der Waals surface area contributed by atoms with E-state index in [0.29, 0.717) is 33.4 Å². The van der Waals surface area contributed by atoms with Gasteiger partial charge in [-0.1, -0.05) is 29.8 Å². The van der Waals surface area contributed by atoms with E-state index in [9.17, 15) is 5.26 Å². The number of halogens is 1. The quantitative estimate of drug-likeness (QED) is 0.631. The van der Waals surface area contributed by atoms with Crippen molar-refractivity contribution in [2.75, 3.05) is 13.9 Å². The Morgan fingerprint density at radius 3 is 2.68 bits per heavy atom. The smallest absolute Gasteiger partial charge is 0.231 e. The predicted octanol–water partition coefficient (Wildman–Crippen LogP) is 4.14. The Kier molecular flexibility index (Phi) is 3.90. The van der Waals surface area contributed by atoms with Gasteiger partial charge in [-0.05, 0) is 18.2 Å². The first kappa shape index (κ1) is 14.3. The van der Waals surface area contributed by atoms with Gasteiger partial charge in [0, 0.05) is 22.2 Å². The van der Waals surface area contributed by atoms with Crippen molar-refractivity contribution in [2.45, 2.75) is 0 Å². The summed E-state index contributed by atoms with van der Waals surface area (Å²) >= 11 is 6.16. The molecule has 0 bridgehead atoms. The monoisotopic (exact) mass is 313 g/mol. The average molecular weight is 314 g/mol. The van der Waals surface area contributed by atoms with Crippen molar-refractivity contribution in [2.24, 2.45) is 0 Å². The molecule has 2 aromatic carbocycles. The maximum absolute atomic E-state index is 9.45. The van der Waals surface area contributed by atoms with Crippen LogP contribution in [0.1, 0.15) is 11.1 Å². The molecule has 1 aliphatic rings. The van der Waals surface area contributed by atoms with Crippen LogP contribution in [0.3, 0.4) is 0 Å². The van der Waals surface area contributed by atoms with Gasteiger partial charge in [0.05, 0.1) is 18.8 Å². The van der Waals surface area contributed by atoms with Crippen LogP contribution in [0.25, 0.3) is 11.6 Å². The summed E-state index contributed by atoms with van der Waals surface area (Å²) in [5.41, 5.74) is 1.84. The molecular formula is C17H12ClNO3. The molecule has 110 valence electrons. The Balaban J connectivity index is 2.11. The fraction of sp³-hybridized carbons (Fsp3) is 0.118. The highest BCUT2D eigenvalue weighted by Gasteiger charge is 2.17. The fourth-order valence-electron chi connectivity index (χ4n) is 2.23. The van der Waals surface area contributed by atoms with Crippen molar-refractivity contribution in [3.8, 4) is 23.3 Å². The van der Waals surface area contributed by atoms with E-state index in [1.807, 2.05) is 12.1 Å². The molecule has 1 heterocycles. The van der Waals surface area contributed by atoms with E-state index in [1.165, 1.54) is 0 Å². The van der Waals surface area contributed by atoms with E-state index in [1.54, 1.807) is 37.5 Å². The molecule has 0 spiro atoms. The minimum atomic E-state index is 0.182. The lowest BCUT2D eigenvalue weighted by Gasteiger charge is -2.08. The summed E-state index contributed by atoms with van der Waals surface area (Å²) in [7, 11) is 1.57. The van der Waals surface area contributed by atoms with Gasteiger partial charge >= 0.3 is 0 Å². The number of benzene rings is 2. The Morgan fingerprint density at radius 2 is 2.00 bits per heavy atom. The highest BCUT2D eigenvalue weighted by atomic mass is 35.5.